The first-order valence-electron chi connectivity index (χ1n) is 5.46. The summed E-state index contributed by atoms with van der Waals surface area (Å²) < 4.78 is 39.1. The van der Waals surface area contributed by atoms with Gasteiger partial charge in [-0.25, -0.2) is 4.39 Å². The van der Waals surface area contributed by atoms with Crippen molar-refractivity contribution in [3.63, 3.8) is 0 Å². The van der Waals surface area contributed by atoms with E-state index in [0.29, 0.717) is 6.07 Å². The molecule has 0 radical (unpaired) electrons. The highest BCUT2D eigenvalue weighted by molar-refractivity contribution is 6.04. The van der Waals surface area contributed by atoms with E-state index in [2.05, 4.69) is 10.3 Å². The molecule has 108 valence electrons. The molecule has 1 N–H and O–H groups in total. The van der Waals surface area contributed by atoms with Gasteiger partial charge in [0.05, 0.1) is 10.5 Å². The van der Waals surface area contributed by atoms with Crippen LogP contribution in [-0.2, 0) is 0 Å². The molecule has 1 heterocycles. The molecule has 2 rings (SSSR count). The molecule has 9 heteroatoms. The fraction of sp³-hybridized carbons (Fsp3) is 0. The zero-order valence-electron chi connectivity index (χ0n) is 10.1. The number of nitro benzene ring substituents is 1. The molecule has 1 aromatic carbocycles. The lowest BCUT2D eigenvalue weighted by Gasteiger charge is -2.06. The van der Waals surface area contributed by atoms with Gasteiger partial charge >= 0.3 is 0 Å². The second-order valence-electron chi connectivity index (χ2n) is 3.86. The predicted molar refractivity (Wildman–Crippen MR) is 65.2 cm³/mol. The largest absolute Gasteiger partial charge is 0.322 e. The van der Waals surface area contributed by atoms with Crippen LogP contribution < -0.4 is 5.32 Å². The number of benzene rings is 1. The number of carbonyl (C=O) groups is 1. The fourth-order valence-corrected chi connectivity index (χ4v) is 1.50. The van der Waals surface area contributed by atoms with E-state index in [1.54, 1.807) is 0 Å². The Morgan fingerprint density at radius 2 is 1.81 bits per heavy atom. The van der Waals surface area contributed by atoms with Crippen LogP contribution in [-0.4, -0.2) is 15.8 Å². The molecule has 1 aromatic heterocycles. The van der Waals surface area contributed by atoms with Gasteiger partial charge in [0.1, 0.15) is 0 Å². The van der Waals surface area contributed by atoms with Crippen molar-refractivity contribution in [2.24, 2.45) is 0 Å². The Kier molecular flexibility index (Phi) is 3.83. The molecule has 2 aromatic rings. The number of halogens is 3. The molecular formula is C12H6F3N3O3. The SMILES string of the molecule is O=C(Nc1ccc([N+](=O)[O-])cc1)c1cc(F)nc(F)c1F. The molecule has 0 saturated carbocycles. The van der Waals surface area contributed by atoms with Crippen molar-refractivity contribution in [1.29, 1.82) is 0 Å². The molecule has 0 aliphatic carbocycles. The van der Waals surface area contributed by atoms with Gasteiger partial charge in [0, 0.05) is 23.9 Å². The molecule has 0 aliphatic heterocycles. The number of carbonyl (C=O) groups excluding carboxylic acids is 1. The number of rotatable bonds is 3. The van der Waals surface area contributed by atoms with Crippen LogP contribution in [0.15, 0.2) is 30.3 Å². The third-order valence-electron chi connectivity index (χ3n) is 2.47. The van der Waals surface area contributed by atoms with Gasteiger partial charge in [0.15, 0.2) is 5.82 Å². The van der Waals surface area contributed by atoms with E-state index >= 15 is 0 Å². The van der Waals surface area contributed by atoms with Crippen molar-refractivity contribution in [2.75, 3.05) is 5.32 Å². The summed E-state index contributed by atoms with van der Waals surface area (Å²) in [6, 6.07) is 5.06. The number of hydrogen-bond acceptors (Lipinski definition) is 4. The second-order valence-corrected chi connectivity index (χ2v) is 3.86. The summed E-state index contributed by atoms with van der Waals surface area (Å²) >= 11 is 0. The van der Waals surface area contributed by atoms with Crippen molar-refractivity contribution in [2.45, 2.75) is 0 Å². The molecule has 0 atom stereocenters. The summed E-state index contributed by atoms with van der Waals surface area (Å²) in [4.78, 5) is 24.1. The molecule has 1 amide bonds. The molecule has 6 nitrogen and oxygen atoms in total. The minimum atomic E-state index is -1.73. The van der Waals surface area contributed by atoms with Crippen LogP contribution in [0.3, 0.4) is 0 Å². The van der Waals surface area contributed by atoms with E-state index in [4.69, 9.17) is 0 Å². The lowest BCUT2D eigenvalue weighted by Crippen LogP contribution is -2.16. The first-order chi connectivity index (χ1) is 9.88. The van der Waals surface area contributed by atoms with E-state index in [1.165, 1.54) is 12.1 Å². The maximum absolute atomic E-state index is 13.4. The van der Waals surface area contributed by atoms with Crippen molar-refractivity contribution in [3.05, 3.63) is 63.7 Å². The first-order valence-corrected chi connectivity index (χ1v) is 5.46. The minimum Gasteiger partial charge on any atom is -0.322 e. The average molecular weight is 297 g/mol. The first kappa shape index (κ1) is 14.4. The number of hydrogen-bond donors (Lipinski definition) is 1. The van der Waals surface area contributed by atoms with Crippen molar-refractivity contribution >= 4 is 17.3 Å². The Labute approximate surface area is 115 Å². The van der Waals surface area contributed by atoms with Crippen LogP contribution in [0.4, 0.5) is 24.5 Å². The summed E-state index contributed by atoms with van der Waals surface area (Å²) in [6.45, 7) is 0. The van der Waals surface area contributed by atoms with Gasteiger partial charge in [-0.3, -0.25) is 14.9 Å². The molecule has 0 bridgehead atoms. The van der Waals surface area contributed by atoms with Crippen molar-refractivity contribution in [1.82, 2.24) is 4.98 Å². The standard InChI is InChI=1S/C12H6F3N3O3/c13-9-5-8(10(14)11(15)17-9)12(19)16-6-1-3-7(4-2-6)18(20)21/h1-5H,(H,16,19). The number of nitrogens with zero attached hydrogens (tertiary/aromatic N) is 2. The van der Waals surface area contributed by atoms with Gasteiger partial charge < -0.3 is 5.32 Å². The lowest BCUT2D eigenvalue weighted by atomic mass is 10.2. The number of anilines is 1. The average Bonchev–Trinajstić information content (AvgIpc) is 2.43. The second kappa shape index (κ2) is 5.57. The number of amides is 1. The van der Waals surface area contributed by atoms with E-state index in [1.807, 2.05) is 0 Å². The third-order valence-corrected chi connectivity index (χ3v) is 2.47. The zero-order valence-corrected chi connectivity index (χ0v) is 10.1. The molecule has 21 heavy (non-hydrogen) atoms. The highest BCUT2D eigenvalue weighted by Crippen LogP contribution is 2.18. The summed E-state index contributed by atoms with van der Waals surface area (Å²) in [7, 11) is 0. The van der Waals surface area contributed by atoms with Crippen LogP contribution in [0.5, 0.6) is 0 Å². The summed E-state index contributed by atoms with van der Waals surface area (Å²) in [5, 5.41) is 12.6. The van der Waals surface area contributed by atoms with Crippen LogP contribution in [0.25, 0.3) is 0 Å². The van der Waals surface area contributed by atoms with Crippen LogP contribution in [0.1, 0.15) is 10.4 Å². The monoisotopic (exact) mass is 297 g/mol. The number of nitro groups is 1. The number of non-ortho nitro benzene ring substituents is 1. The number of pyridine rings is 1. The lowest BCUT2D eigenvalue weighted by molar-refractivity contribution is -0.384. The predicted octanol–water partition coefficient (Wildman–Crippen LogP) is 2.66. The maximum Gasteiger partial charge on any atom is 0.269 e. The van der Waals surface area contributed by atoms with E-state index in [-0.39, 0.29) is 11.4 Å². The quantitative estimate of drug-likeness (QED) is 0.536. The third kappa shape index (κ3) is 3.14. The minimum absolute atomic E-state index is 0.0997. The number of aromatic nitrogens is 1. The molecule has 0 aliphatic rings. The van der Waals surface area contributed by atoms with Crippen LogP contribution in [0.2, 0.25) is 0 Å². The van der Waals surface area contributed by atoms with Crippen LogP contribution >= 0.6 is 0 Å². The van der Waals surface area contributed by atoms with Crippen molar-refractivity contribution < 1.29 is 22.9 Å². The molecule has 0 saturated heterocycles. The molecular weight excluding hydrogens is 291 g/mol. The van der Waals surface area contributed by atoms with E-state index in [0.717, 1.165) is 12.1 Å². The summed E-state index contributed by atoms with van der Waals surface area (Å²) in [6.07, 6.45) is 0. The Bertz CT molecular complexity index is 720. The van der Waals surface area contributed by atoms with Crippen molar-refractivity contribution in [3.8, 4) is 0 Å². The zero-order chi connectivity index (χ0) is 15.6. The normalized spacial score (nSPS) is 10.2. The highest BCUT2D eigenvalue weighted by atomic mass is 19.2. The molecule has 0 spiro atoms. The van der Waals surface area contributed by atoms with Gasteiger partial charge in [-0.2, -0.15) is 13.8 Å². The fourth-order valence-electron chi connectivity index (χ4n) is 1.50. The summed E-state index contributed by atoms with van der Waals surface area (Å²) in [5.41, 5.74) is -0.971. The van der Waals surface area contributed by atoms with Crippen LogP contribution in [0, 0.1) is 27.8 Å². The Morgan fingerprint density at radius 1 is 1.19 bits per heavy atom. The van der Waals surface area contributed by atoms with Gasteiger partial charge in [0.2, 0.25) is 5.95 Å². The van der Waals surface area contributed by atoms with E-state index in [9.17, 15) is 28.1 Å². The Morgan fingerprint density at radius 3 is 2.38 bits per heavy atom. The summed E-state index contributed by atoms with van der Waals surface area (Å²) in [5.74, 6) is -5.77. The van der Waals surface area contributed by atoms with E-state index < -0.39 is 34.1 Å². The molecule has 0 fully saturated rings. The Balaban J connectivity index is 2.24. The maximum atomic E-state index is 13.4. The smallest absolute Gasteiger partial charge is 0.269 e. The van der Waals surface area contributed by atoms with Gasteiger partial charge in [-0.05, 0) is 12.1 Å². The highest BCUT2D eigenvalue weighted by Gasteiger charge is 2.19. The number of nitrogens with one attached hydrogen (secondary N) is 1. The molecule has 0 unspecified atom stereocenters. The van der Waals surface area contributed by atoms with Gasteiger partial charge in [0.25, 0.3) is 17.5 Å². The van der Waals surface area contributed by atoms with Gasteiger partial charge in [-0.15, -0.1) is 0 Å². The topological polar surface area (TPSA) is 85.1 Å². The Hall–Kier alpha value is -2.97. The van der Waals surface area contributed by atoms with Gasteiger partial charge in [-0.1, -0.05) is 0 Å².